The van der Waals surface area contributed by atoms with Crippen LogP contribution in [0.3, 0.4) is 0 Å². The van der Waals surface area contributed by atoms with E-state index in [9.17, 15) is 25.8 Å². The van der Waals surface area contributed by atoms with Crippen LogP contribution < -0.4 is 10.6 Å². The molecule has 0 amide bonds. The van der Waals surface area contributed by atoms with Crippen LogP contribution in [0.2, 0.25) is 0 Å². The molecule has 0 radical (unpaired) electrons. The molecule has 18 heteroatoms. The maximum absolute atomic E-state index is 14.0. The van der Waals surface area contributed by atoms with E-state index in [1.807, 2.05) is 0 Å². The molecular weight excluding hydrogens is 545 g/mol. The fourth-order valence-corrected chi connectivity index (χ4v) is 4.93. The zero-order valence-electron chi connectivity index (χ0n) is 18.2. The van der Waals surface area contributed by atoms with Crippen molar-refractivity contribution in [1.82, 2.24) is 15.0 Å². The molecular formula is C18H18FN5O9S3. The van der Waals surface area contributed by atoms with Crippen molar-refractivity contribution in [1.29, 1.82) is 0 Å². The van der Waals surface area contributed by atoms with E-state index in [2.05, 4.69) is 35.0 Å². The Morgan fingerprint density at radius 3 is 2.17 bits per heavy atom. The Morgan fingerprint density at radius 2 is 1.58 bits per heavy atom. The van der Waals surface area contributed by atoms with Gasteiger partial charge in [0, 0.05) is 11.4 Å². The summed E-state index contributed by atoms with van der Waals surface area (Å²) in [6, 6.07) is 9.36. The minimum absolute atomic E-state index is 0.00568. The highest BCUT2D eigenvalue weighted by Gasteiger charge is 2.16. The molecule has 0 fully saturated rings. The van der Waals surface area contributed by atoms with Gasteiger partial charge in [0.15, 0.2) is 22.2 Å². The summed E-state index contributed by atoms with van der Waals surface area (Å²) in [5.41, 5.74) is 0.909. The van der Waals surface area contributed by atoms with Crippen molar-refractivity contribution in [2.24, 2.45) is 0 Å². The van der Waals surface area contributed by atoms with Crippen LogP contribution in [0.5, 0.6) is 0 Å². The van der Waals surface area contributed by atoms with Crippen molar-refractivity contribution in [2.45, 2.75) is 16.7 Å². The molecule has 2 aromatic carbocycles. The third-order valence-corrected chi connectivity index (χ3v) is 7.42. The highest BCUT2D eigenvalue weighted by atomic mass is 32.2. The summed E-state index contributed by atoms with van der Waals surface area (Å²) in [5, 5.41) is 16.7. The van der Waals surface area contributed by atoms with Crippen LogP contribution in [0, 0.1) is 13.0 Å². The van der Waals surface area contributed by atoms with Crippen molar-refractivity contribution in [3.8, 4) is 0 Å². The van der Waals surface area contributed by atoms with Crippen molar-refractivity contribution in [2.75, 3.05) is 23.0 Å². The lowest BCUT2D eigenvalue weighted by atomic mass is 10.2. The third-order valence-electron chi connectivity index (χ3n) is 4.33. The predicted octanol–water partition coefficient (Wildman–Crippen LogP) is 2.83. The lowest BCUT2D eigenvalue weighted by molar-refractivity contribution is -0.434. The molecule has 0 aliphatic carbocycles. The molecule has 0 spiro atoms. The molecule has 3 aromatic rings. The summed E-state index contributed by atoms with van der Waals surface area (Å²) in [6.07, 6.45) is -1.12. The SMILES string of the molecule is Cc1cc(Nc2nc(F)nc(Nc3ccc(S(=O)(=O)CCOSOOO)cc3)n2)ccc1S(=O)(=O)O. The molecule has 194 valence electrons. The van der Waals surface area contributed by atoms with Crippen molar-refractivity contribution in [3.05, 3.63) is 54.1 Å². The van der Waals surface area contributed by atoms with E-state index in [1.54, 1.807) is 0 Å². The number of aryl methyl sites for hydroxylation is 1. The zero-order valence-corrected chi connectivity index (χ0v) is 20.6. The number of sulfone groups is 1. The fraction of sp³-hybridized carbons (Fsp3) is 0.167. The summed E-state index contributed by atoms with van der Waals surface area (Å²) < 4.78 is 79.2. The highest BCUT2D eigenvalue weighted by Crippen LogP contribution is 2.23. The van der Waals surface area contributed by atoms with E-state index in [0.29, 0.717) is 11.4 Å². The second-order valence-corrected chi connectivity index (χ2v) is 10.8. The number of aromatic nitrogens is 3. The van der Waals surface area contributed by atoms with Gasteiger partial charge in [-0.05, 0) is 55.0 Å². The molecule has 4 N–H and O–H groups in total. The third kappa shape index (κ3) is 7.77. The monoisotopic (exact) mass is 563 g/mol. The van der Waals surface area contributed by atoms with Crippen LogP contribution in [0.15, 0.2) is 52.3 Å². The Morgan fingerprint density at radius 1 is 0.972 bits per heavy atom. The maximum Gasteiger partial charge on any atom is 0.315 e. The van der Waals surface area contributed by atoms with E-state index in [0.717, 1.165) is 0 Å². The van der Waals surface area contributed by atoms with Crippen molar-refractivity contribution < 1.29 is 44.6 Å². The van der Waals surface area contributed by atoms with Gasteiger partial charge in [-0.2, -0.15) is 27.8 Å². The molecule has 0 saturated heterocycles. The summed E-state index contributed by atoms with van der Waals surface area (Å²) in [7, 11) is -8.08. The van der Waals surface area contributed by atoms with Crippen LogP contribution in [0.4, 0.5) is 27.7 Å². The van der Waals surface area contributed by atoms with Gasteiger partial charge in [-0.1, -0.05) is 5.04 Å². The Balaban J connectivity index is 1.69. The molecule has 0 bridgehead atoms. The number of nitrogens with zero attached hydrogens (tertiary/aromatic N) is 3. The second kappa shape index (κ2) is 11.8. The molecule has 36 heavy (non-hydrogen) atoms. The van der Waals surface area contributed by atoms with Gasteiger partial charge >= 0.3 is 6.08 Å². The molecule has 0 aliphatic heterocycles. The van der Waals surface area contributed by atoms with Crippen molar-refractivity contribution in [3.63, 3.8) is 0 Å². The van der Waals surface area contributed by atoms with E-state index >= 15 is 0 Å². The van der Waals surface area contributed by atoms with Crippen LogP contribution in [0.1, 0.15) is 5.56 Å². The Hall–Kier alpha value is -2.97. The van der Waals surface area contributed by atoms with Gasteiger partial charge in [-0.25, -0.2) is 13.7 Å². The molecule has 0 saturated carbocycles. The maximum atomic E-state index is 14.0. The highest BCUT2D eigenvalue weighted by molar-refractivity contribution is 7.91. The summed E-state index contributed by atoms with van der Waals surface area (Å²) >= 11 is 0.262. The fourth-order valence-electron chi connectivity index (χ4n) is 2.81. The number of rotatable bonds is 12. The standard InChI is InChI=1S/C18H18FN5O9S3/c1-11-10-13(4-7-15(11)36(28,29)30)21-18-23-16(19)22-17(24-18)20-12-2-5-14(6-3-12)35(26,27)9-8-31-34-33-32-25/h2-7,10,25H,8-9H2,1H3,(H,28,29,30)(H2,20,21,22,23,24). The second-order valence-electron chi connectivity index (χ2n) is 6.83. The molecule has 0 unspecified atom stereocenters. The van der Waals surface area contributed by atoms with E-state index < -0.39 is 26.0 Å². The number of nitrogens with one attached hydrogen (secondary N) is 2. The first-order chi connectivity index (χ1) is 17.0. The minimum Gasteiger partial charge on any atom is -0.324 e. The molecule has 1 aromatic heterocycles. The first-order valence-corrected chi connectivity index (χ1v) is 13.4. The van der Waals surface area contributed by atoms with Crippen LogP contribution in [-0.4, -0.2) is 54.0 Å². The van der Waals surface area contributed by atoms with Gasteiger partial charge in [0.25, 0.3) is 10.1 Å². The summed E-state index contributed by atoms with van der Waals surface area (Å²) in [5.74, 6) is -0.764. The van der Waals surface area contributed by atoms with Gasteiger partial charge in [-0.3, -0.25) is 8.74 Å². The number of hydrogen-bond acceptors (Lipinski definition) is 14. The lowest BCUT2D eigenvalue weighted by Crippen LogP contribution is -2.11. The quantitative estimate of drug-likeness (QED) is 0.0823. The number of benzene rings is 2. The van der Waals surface area contributed by atoms with Crippen LogP contribution in [-0.2, 0) is 33.5 Å². The lowest BCUT2D eigenvalue weighted by Gasteiger charge is -2.10. The first kappa shape index (κ1) is 27.6. The zero-order chi connectivity index (χ0) is 26.3. The van der Waals surface area contributed by atoms with Crippen LogP contribution >= 0.6 is 12.3 Å². The number of anilines is 4. The molecule has 14 nitrogen and oxygen atoms in total. The van der Waals surface area contributed by atoms with Gasteiger partial charge in [0.05, 0.1) is 22.2 Å². The Labute approximate surface area is 208 Å². The minimum atomic E-state index is -4.39. The first-order valence-electron chi connectivity index (χ1n) is 9.61. The average molecular weight is 564 g/mol. The number of halogens is 1. The number of hydrogen-bond donors (Lipinski definition) is 4. The Bertz CT molecular complexity index is 1420. The van der Waals surface area contributed by atoms with E-state index in [1.165, 1.54) is 49.4 Å². The van der Waals surface area contributed by atoms with Crippen LogP contribution in [0.25, 0.3) is 0 Å². The topological polar surface area (TPSA) is 199 Å². The van der Waals surface area contributed by atoms with E-state index in [4.69, 9.17) is 9.44 Å². The average Bonchev–Trinajstić information content (AvgIpc) is 2.78. The van der Waals surface area contributed by atoms with E-state index in [-0.39, 0.29) is 51.9 Å². The molecule has 1 heterocycles. The van der Waals surface area contributed by atoms with Gasteiger partial charge < -0.3 is 10.6 Å². The van der Waals surface area contributed by atoms with Gasteiger partial charge in [0.2, 0.25) is 11.9 Å². The van der Waals surface area contributed by atoms with Gasteiger partial charge in [0.1, 0.15) is 0 Å². The van der Waals surface area contributed by atoms with Gasteiger partial charge in [-0.15, -0.1) is 4.33 Å². The molecule has 0 aliphatic rings. The largest absolute Gasteiger partial charge is 0.324 e. The normalized spacial score (nSPS) is 11.9. The Kier molecular flexibility index (Phi) is 9.08. The summed E-state index contributed by atoms with van der Waals surface area (Å²) in [6.45, 7) is 1.22. The predicted molar refractivity (Wildman–Crippen MR) is 124 cm³/mol. The molecule has 0 atom stereocenters. The van der Waals surface area contributed by atoms with Crippen molar-refractivity contribution >= 4 is 55.6 Å². The molecule has 3 rings (SSSR count). The summed E-state index contributed by atoms with van der Waals surface area (Å²) in [4.78, 5) is 10.8. The smallest absolute Gasteiger partial charge is 0.315 e.